The highest BCUT2D eigenvalue weighted by Gasteiger charge is 2.24. The first-order valence-electron chi connectivity index (χ1n) is 13.6. The molecule has 0 spiro atoms. The standard InChI is InChI=1S/C33H34N4O2/c38-32(21-26-10-5-2-6-11-26)36-29-13-14-31(30(22-29)33(39)35-24-28-12-7-17-34-23-28)37-18-15-27(16-19-37)20-25-8-3-1-4-9-25/h1-14,17,22-23,27H,15-16,18-21,24H2,(H,35,39)(H,36,38). The monoisotopic (exact) mass is 518 g/mol. The van der Waals surface area contributed by atoms with Gasteiger partial charge in [-0.15, -0.1) is 0 Å². The van der Waals surface area contributed by atoms with Gasteiger partial charge in [-0.1, -0.05) is 66.7 Å². The summed E-state index contributed by atoms with van der Waals surface area (Å²) in [5.41, 5.74) is 5.34. The summed E-state index contributed by atoms with van der Waals surface area (Å²) in [6.45, 7) is 2.16. The van der Waals surface area contributed by atoms with Crippen LogP contribution < -0.4 is 15.5 Å². The van der Waals surface area contributed by atoms with Gasteiger partial charge >= 0.3 is 0 Å². The quantitative estimate of drug-likeness (QED) is 0.300. The van der Waals surface area contributed by atoms with Gasteiger partial charge in [-0.25, -0.2) is 0 Å². The van der Waals surface area contributed by atoms with Gasteiger partial charge in [-0.2, -0.15) is 0 Å². The average molecular weight is 519 g/mol. The average Bonchev–Trinajstić information content (AvgIpc) is 2.98. The topological polar surface area (TPSA) is 74.3 Å². The number of aromatic nitrogens is 1. The van der Waals surface area contributed by atoms with Crippen molar-refractivity contribution < 1.29 is 9.59 Å². The molecule has 4 aromatic rings. The van der Waals surface area contributed by atoms with E-state index >= 15 is 0 Å². The first kappa shape index (κ1) is 26.2. The Kier molecular flexibility index (Phi) is 8.64. The molecule has 1 aliphatic heterocycles. The van der Waals surface area contributed by atoms with E-state index in [-0.39, 0.29) is 18.2 Å². The second-order valence-corrected chi connectivity index (χ2v) is 10.1. The Labute approximate surface area is 230 Å². The number of anilines is 2. The van der Waals surface area contributed by atoms with Gasteiger partial charge < -0.3 is 15.5 Å². The van der Waals surface area contributed by atoms with Crippen LogP contribution in [0.25, 0.3) is 0 Å². The first-order chi connectivity index (χ1) is 19.1. The van der Waals surface area contributed by atoms with Gasteiger partial charge in [0.25, 0.3) is 5.91 Å². The molecular weight excluding hydrogens is 484 g/mol. The van der Waals surface area contributed by atoms with Crippen LogP contribution in [-0.4, -0.2) is 29.9 Å². The van der Waals surface area contributed by atoms with E-state index in [9.17, 15) is 9.59 Å². The molecule has 1 saturated heterocycles. The van der Waals surface area contributed by atoms with Crippen LogP contribution in [0.4, 0.5) is 11.4 Å². The lowest BCUT2D eigenvalue weighted by molar-refractivity contribution is -0.115. The zero-order valence-electron chi connectivity index (χ0n) is 22.1. The number of hydrogen-bond donors (Lipinski definition) is 2. The van der Waals surface area contributed by atoms with Gasteiger partial charge in [-0.05, 0) is 66.1 Å². The Morgan fingerprint density at radius 3 is 2.21 bits per heavy atom. The summed E-state index contributed by atoms with van der Waals surface area (Å²) >= 11 is 0. The molecule has 39 heavy (non-hydrogen) atoms. The van der Waals surface area contributed by atoms with Crippen molar-refractivity contribution in [2.45, 2.75) is 32.2 Å². The van der Waals surface area contributed by atoms with Crippen molar-refractivity contribution >= 4 is 23.2 Å². The fourth-order valence-corrected chi connectivity index (χ4v) is 5.16. The minimum absolute atomic E-state index is 0.114. The summed E-state index contributed by atoms with van der Waals surface area (Å²) < 4.78 is 0. The number of pyridine rings is 1. The van der Waals surface area contributed by atoms with Crippen molar-refractivity contribution in [3.05, 3.63) is 126 Å². The number of rotatable bonds is 9. The molecule has 198 valence electrons. The lowest BCUT2D eigenvalue weighted by Crippen LogP contribution is -2.36. The normalized spacial score (nSPS) is 13.6. The maximum Gasteiger partial charge on any atom is 0.253 e. The van der Waals surface area contributed by atoms with Gasteiger partial charge in [0.1, 0.15) is 0 Å². The van der Waals surface area contributed by atoms with E-state index in [4.69, 9.17) is 0 Å². The summed E-state index contributed by atoms with van der Waals surface area (Å²) in [5.74, 6) is 0.347. The summed E-state index contributed by atoms with van der Waals surface area (Å²) in [6, 6.07) is 29.7. The van der Waals surface area contributed by atoms with Crippen LogP contribution in [0.3, 0.4) is 0 Å². The van der Waals surface area contributed by atoms with Crippen molar-refractivity contribution in [1.29, 1.82) is 0 Å². The van der Waals surface area contributed by atoms with E-state index in [1.807, 2.05) is 54.6 Å². The number of nitrogens with one attached hydrogen (secondary N) is 2. The van der Waals surface area contributed by atoms with E-state index in [0.29, 0.717) is 23.7 Å². The molecule has 1 fully saturated rings. The van der Waals surface area contributed by atoms with E-state index in [1.165, 1.54) is 5.56 Å². The molecule has 3 aromatic carbocycles. The molecule has 2 amide bonds. The number of carbonyl (C=O) groups excluding carboxylic acids is 2. The number of nitrogens with zero attached hydrogens (tertiary/aromatic N) is 2. The maximum atomic E-state index is 13.4. The Morgan fingerprint density at radius 1 is 0.821 bits per heavy atom. The minimum Gasteiger partial charge on any atom is -0.371 e. The predicted octanol–water partition coefficient (Wildman–Crippen LogP) is 5.65. The number of benzene rings is 3. The largest absolute Gasteiger partial charge is 0.371 e. The van der Waals surface area contributed by atoms with Crippen LogP contribution in [0.5, 0.6) is 0 Å². The predicted molar refractivity (Wildman–Crippen MR) is 156 cm³/mol. The molecule has 5 rings (SSSR count). The van der Waals surface area contributed by atoms with Crippen LogP contribution >= 0.6 is 0 Å². The van der Waals surface area contributed by atoms with Gasteiger partial charge in [-0.3, -0.25) is 14.6 Å². The molecule has 0 atom stereocenters. The zero-order valence-corrected chi connectivity index (χ0v) is 22.1. The van der Waals surface area contributed by atoms with Crippen LogP contribution in [-0.2, 0) is 24.2 Å². The van der Waals surface area contributed by atoms with Crippen molar-refractivity contribution in [2.24, 2.45) is 5.92 Å². The van der Waals surface area contributed by atoms with E-state index in [1.54, 1.807) is 18.5 Å². The van der Waals surface area contributed by atoms with Crippen LogP contribution in [0.2, 0.25) is 0 Å². The highest BCUT2D eigenvalue weighted by molar-refractivity contribution is 6.02. The van der Waals surface area contributed by atoms with Crippen molar-refractivity contribution in [3.8, 4) is 0 Å². The van der Waals surface area contributed by atoms with Crippen molar-refractivity contribution in [1.82, 2.24) is 10.3 Å². The SMILES string of the molecule is O=C(Cc1ccccc1)Nc1ccc(N2CCC(Cc3ccccc3)CC2)c(C(=O)NCc2cccnc2)c1. The molecule has 0 saturated carbocycles. The van der Waals surface area contributed by atoms with Gasteiger partial charge in [0, 0.05) is 43.4 Å². The Hall–Kier alpha value is -4.45. The number of carbonyl (C=O) groups is 2. The second-order valence-electron chi connectivity index (χ2n) is 10.1. The van der Waals surface area contributed by atoms with E-state index in [2.05, 4.69) is 50.8 Å². The number of piperidine rings is 1. The molecule has 2 N–H and O–H groups in total. The Morgan fingerprint density at radius 2 is 1.51 bits per heavy atom. The summed E-state index contributed by atoms with van der Waals surface area (Å²) in [5, 5.41) is 6.01. The molecular formula is C33H34N4O2. The molecule has 6 heteroatoms. The molecule has 0 bridgehead atoms. The lowest BCUT2D eigenvalue weighted by atomic mass is 9.89. The van der Waals surface area contributed by atoms with Crippen molar-refractivity contribution in [3.63, 3.8) is 0 Å². The van der Waals surface area contributed by atoms with Crippen LogP contribution in [0, 0.1) is 5.92 Å². The first-order valence-corrected chi connectivity index (χ1v) is 13.6. The third-order valence-corrected chi connectivity index (χ3v) is 7.23. The van der Waals surface area contributed by atoms with Gasteiger partial charge in [0.05, 0.1) is 12.0 Å². The minimum atomic E-state index is -0.167. The number of hydrogen-bond acceptors (Lipinski definition) is 4. The van der Waals surface area contributed by atoms with E-state index < -0.39 is 0 Å². The summed E-state index contributed by atoms with van der Waals surface area (Å²) in [4.78, 5) is 32.6. The molecule has 1 aliphatic rings. The zero-order chi connectivity index (χ0) is 26.9. The van der Waals surface area contributed by atoms with Gasteiger partial charge in [0.2, 0.25) is 5.91 Å². The molecule has 0 aliphatic carbocycles. The second kappa shape index (κ2) is 12.9. The summed E-state index contributed by atoms with van der Waals surface area (Å²) in [6.07, 6.45) is 6.97. The Bertz CT molecular complexity index is 1370. The van der Waals surface area contributed by atoms with Crippen LogP contribution in [0.1, 0.15) is 39.9 Å². The van der Waals surface area contributed by atoms with Crippen LogP contribution in [0.15, 0.2) is 103 Å². The lowest BCUT2D eigenvalue weighted by Gasteiger charge is -2.35. The highest BCUT2D eigenvalue weighted by Crippen LogP contribution is 2.30. The number of amides is 2. The fraction of sp³-hybridized carbons (Fsp3) is 0.242. The maximum absolute atomic E-state index is 13.4. The molecule has 6 nitrogen and oxygen atoms in total. The third-order valence-electron chi connectivity index (χ3n) is 7.23. The molecule has 0 radical (unpaired) electrons. The van der Waals surface area contributed by atoms with Crippen molar-refractivity contribution in [2.75, 3.05) is 23.3 Å². The molecule has 1 aromatic heterocycles. The summed E-state index contributed by atoms with van der Waals surface area (Å²) in [7, 11) is 0. The van der Waals surface area contributed by atoms with Gasteiger partial charge in [0.15, 0.2) is 0 Å². The molecule has 0 unspecified atom stereocenters. The Balaban J connectivity index is 1.30. The highest BCUT2D eigenvalue weighted by atomic mass is 16.2. The molecule has 2 heterocycles. The smallest absolute Gasteiger partial charge is 0.253 e. The van der Waals surface area contributed by atoms with E-state index in [0.717, 1.165) is 49.2 Å². The third kappa shape index (κ3) is 7.32. The fourth-order valence-electron chi connectivity index (χ4n) is 5.16.